The van der Waals surface area contributed by atoms with Crippen LogP contribution in [0, 0.1) is 6.92 Å². The molecule has 0 fully saturated rings. The molecule has 0 radical (unpaired) electrons. The largest absolute Gasteiger partial charge is 0.489 e. The van der Waals surface area contributed by atoms with Gasteiger partial charge in [0.05, 0.1) is 5.56 Å². The van der Waals surface area contributed by atoms with Gasteiger partial charge in [0.1, 0.15) is 17.9 Å². The fourth-order valence-electron chi connectivity index (χ4n) is 3.16. The van der Waals surface area contributed by atoms with Crippen LogP contribution in [0.25, 0.3) is 22.1 Å². The zero-order valence-electron chi connectivity index (χ0n) is 15.0. The summed E-state index contributed by atoms with van der Waals surface area (Å²) in [7, 11) is 0. The molecule has 0 amide bonds. The lowest BCUT2D eigenvalue weighted by Gasteiger charge is -2.11. The standard InChI is InChI=1S/C23H16Cl2O3/c1-14-19-10-9-18(27-13-16-7-8-17(24)11-20(16)25)12-21(19)28-23(26)22(14)15-5-3-2-4-6-15/h2-12H,13H2,1H3. The Bertz CT molecular complexity index is 1210. The van der Waals surface area contributed by atoms with Gasteiger partial charge in [-0.15, -0.1) is 0 Å². The van der Waals surface area contributed by atoms with Crippen molar-refractivity contribution in [3.8, 4) is 16.9 Å². The molecule has 0 saturated carbocycles. The van der Waals surface area contributed by atoms with Crippen molar-refractivity contribution in [3.05, 3.63) is 98.3 Å². The highest BCUT2D eigenvalue weighted by Gasteiger charge is 2.14. The molecular weight excluding hydrogens is 395 g/mol. The van der Waals surface area contributed by atoms with Gasteiger partial charge in [0.15, 0.2) is 0 Å². The number of halogens is 2. The van der Waals surface area contributed by atoms with Crippen molar-refractivity contribution in [2.45, 2.75) is 13.5 Å². The Kier molecular flexibility index (Phi) is 5.12. The van der Waals surface area contributed by atoms with Crippen LogP contribution in [0.2, 0.25) is 10.0 Å². The first-order chi connectivity index (χ1) is 13.5. The molecule has 0 saturated heterocycles. The van der Waals surface area contributed by atoms with E-state index in [9.17, 15) is 4.79 Å². The number of fused-ring (bicyclic) bond motifs is 1. The first-order valence-corrected chi connectivity index (χ1v) is 9.48. The molecule has 0 aliphatic rings. The summed E-state index contributed by atoms with van der Waals surface area (Å²) in [5.41, 5.74) is 3.24. The van der Waals surface area contributed by atoms with Crippen LogP contribution in [0.5, 0.6) is 5.75 Å². The second-order valence-corrected chi connectivity index (χ2v) is 7.28. The summed E-state index contributed by atoms with van der Waals surface area (Å²) in [6.07, 6.45) is 0. The van der Waals surface area contributed by atoms with E-state index in [4.69, 9.17) is 32.4 Å². The third-order valence-electron chi connectivity index (χ3n) is 4.61. The van der Waals surface area contributed by atoms with Crippen LogP contribution in [0.15, 0.2) is 75.9 Å². The van der Waals surface area contributed by atoms with Gasteiger partial charge in [0.25, 0.3) is 0 Å². The van der Waals surface area contributed by atoms with E-state index in [1.807, 2.05) is 55.5 Å². The van der Waals surface area contributed by atoms with Gasteiger partial charge >= 0.3 is 5.63 Å². The van der Waals surface area contributed by atoms with Crippen molar-refractivity contribution < 1.29 is 9.15 Å². The zero-order valence-corrected chi connectivity index (χ0v) is 16.6. The minimum atomic E-state index is -0.367. The Labute approximate surface area is 172 Å². The molecule has 0 N–H and O–H groups in total. The summed E-state index contributed by atoms with van der Waals surface area (Å²) in [6, 6.07) is 20.3. The van der Waals surface area contributed by atoms with Crippen LogP contribution in [0.3, 0.4) is 0 Å². The van der Waals surface area contributed by atoms with Crippen LogP contribution in [-0.4, -0.2) is 0 Å². The van der Waals surface area contributed by atoms with Gasteiger partial charge < -0.3 is 9.15 Å². The Hall–Kier alpha value is -2.75. The van der Waals surface area contributed by atoms with E-state index in [-0.39, 0.29) is 12.2 Å². The number of rotatable bonds is 4. The second-order valence-electron chi connectivity index (χ2n) is 6.44. The average Bonchev–Trinajstić information content (AvgIpc) is 2.68. The Morgan fingerprint density at radius 1 is 0.964 bits per heavy atom. The maximum Gasteiger partial charge on any atom is 0.344 e. The average molecular weight is 411 g/mol. The number of aryl methyl sites for hydroxylation is 1. The quantitative estimate of drug-likeness (QED) is 0.353. The normalized spacial score (nSPS) is 11.0. The van der Waals surface area contributed by atoms with Crippen molar-refractivity contribution in [2.75, 3.05) is 0 Å². The van der Waals surface area contributed by atoms with E-state index in [0.29, 0.717) is 26.9 Å². The fourth-order valence-corrected chi connectivity index (χ4v) is 3.63. The van der Waals surface area contributed by atoms with E-state index in [2.05, 4.69) is 0 Å². The van der Waals surface area contributed by atoms with E-state index in [1.54, 1.807) is 18.2 Å². The maximum absolute atomic E-state index is 12.6. The van der Waals surface area contributed by atoms with Crippen molar-refractivity contribution in [1.82, 2.24) is 0 Å². The number of benzene rings is 3. The van der Waals surface area contributed by atoms with E-state index < -0.39 is 0 Å². The van der Waals surface area contributed by atoms with Crippen LogP contribution in [-0.2, 0) is 6.61 Å². The lowest BCUT2D eigenvalue weighted by Crippen LogP contribution is -2.06. The van der Waals surface area contributed by atoms with Crippen molar-refractivity contribution in [3.63, 3.8) is 0 Å². The van der Waals surface area contributed by atoms with Gasteiger partial charge in [-0.05, 0) is 42.3 Å². The zero-order chi connectivity index (χ0) is 19.7. The predicted molar refractivity (Wildman–Crippen MR) is 113 cm³/mol. The number of ether oxygens (including phenoxy) is 1. The minimum Gasteiger partial charge on any atom is -0.489 e. The maximum atomic E-state index is 12.6. The third-order valence-corrected chi connectivity index (χ3v) is 5.20. The van der Waals surface area contributed by atoms with E-state index in [0.717, 1.165) is 22.1 Å². The molecule has 0 aliphatic heterocycles. The molecule has 28 heavy (non-hydrogen) atoms. The molecule has 0 spiro atoms. The highest BCUT2D eigenvalue weighted by molar-refractivity contribution is 6.35. The molecule has 0 unspecified atom stereocenters. The second kappa shape index (κ2) is 7.70. The minimum absolute atomic E-state index is 0.285. The molecular formula is C23H16Cl2O3. The topological polar surface area (TPSA) is 39.4 Å². The van der Waals surface area contributed by atoms with Gasteiger partial charge in [-0.25, -0.2) is 4.79 Å². The molecule has 140 valence electrons. The van der Waals surface area contributed by atoms with Crippen LogP contribution < -0.4 is 10.4 Å². The lowest BCUT2D eigenvalue weighted by molar-refractivity contribution is 0.306. The Morgan fingerprint density at radius 3 is 2.50 bits per heavy atom. The Balaban J connectivity index is 1.67. The van der Waals surface area contributed by atoms with Crippen LogP contribution in [0.4, 0.5) is 0 Å². The summed E-state index contributed by atoms with van der Waals surface area (Å²) in [5, 5.41) is 1.99. The third kappa shape index (κ3) is 3.64. The first kappa shape index (κ1) is 18.6. The smallest absolute Gasteiger partial charge is 0.344 e. The molecule has 1 aromatic heterocycles. The summed E-state index contributed by atoms with van der Waals surface area (Å²) in [5.74, 6) is 0.591. The SMILES string of the molecule is Cc1c(-c2ccccc2)c(=O)oc2cc(OCc3ccc(Cl)cc3Cl)ccc12. The Morgan fingerprint density at radius 2 is 1.75 bits per heavy atom. The molecule has 4 aromatic rings. The lowest BCUT2D eigenvalue weighted by atomic mass is 10.00. The van der Waals surface area contributed by atoms with Crippen molar-refractivity contribution in [2.24, 2.45) is 0 Å². The first-order valence-electron chi connectivity index (χ1n) is 8.72. The van der Waals surface area contributed by atoms with Crippen LogP contribution >= 0.6 is 23.2 Å². The summed E-state index contributed by atoms with van der Waals surface area (Å²) < 4.78 is 11.4. The molecule has 3 aromatic carbocycles. The number of hydrogen-bond acceptors (Lipinski definition) is 3. The van der Waals surface area contributed by atoms with E-state index >= 15 is 0 Å². The molecule has 0 atom stereocenters. The molecule has 0 aliphatic carbocycles. The highest BCUT2D eigenvalue weighted by atomic mass is 35.5. The van der Waals surface area contributed by atoms with Crippen molar-refractivity contribution >= 4 is 34.2 Å². The summed E-state index contributed by atoms with van der Waals surface area (Å²) in [4.78, 5) is 12.6. The van der Waals surface area contributed by atoms with Gasteiger partial charge in [-0.1, -0.05) is 59.6 Å². The summed E-state index contributed by atoms with van der Waals surface area (Å²) in [6.45, 7) is 2.21. The molecule has 4 rings (SSSR count). The van der Waals surface area contributed by atoms with E-state index in [1.165, 1.54) is 0 Å². The fraction of sp³-hybridized carbons (Fsp3) is 0.0870. The van der Waals surface area contributed by atoms with Gasteiger partial charge in [0, 0.05) is 27.1 Å². The number of hydrogen-bond donors (Lipinski definition) is 0. The van der Waals surface area contributed by atoms with Crippen molar-refractivity contribution in [1.29, 1.82) is 0 Å². The van der Waals surface area contributed by atoms with Gasteiger partial charge in [-0.2, -0.15) is 0 Å². The molecule has 1 heterocycles. The molecule has 5 heteroatoms. The molecule has 0 bridgehead atoms. The van der Waals surface area contributed by atoms with Gasteiger partial charge in [0.2, 0.25) is 0 Å². The summed E-state index contributed by atoms with van der Waals surface area (Å²) >= 11 is 12.1. The monoisotopic (exact) mass is 410 g/mol. The highest BCUT2D eigenvalue weighted by Crippen LogP contribution is 2.29. The predicted octanol–water partition coefficient (Wildman–Crippen LogP) is 6.65. The molecule has 3 nitrogen and oxygen atoms in total. The van der Waals surface area contributed by atoms with Crippen LogP contribution in [0.1, 0.15) is 11.1 Å². The van der Waals surface area contributed by atoms with Gasteiger partial charge in [-0.3, -0.25) is 0 Å².